The Balaban J connectivity index is 2.83. The largest absolute Gasteiger partial charge is 0.389 e. The first-order valence-electron chi connectivity index (χ1n) is 5.29. The average Bonchev–Trinajstić information content (AvgIpc) is 2.30. The van der Waals surface area contributed by atoms with Gasteiger partial charge in [-0.3, -0.25) is 0 Å². The number of methoxy groups -OCH3 is 1. The number of halogens is 1. The molecule has 2 N–H and O–H groups in total. The topological polar surface area (TPSA) is 75.6 Å². The van der Waals surface area contributed by atoms with Gasteiger partial charge in [0.25, 0.3) is 0 Å². The van der Waals surface area contributed by atoms with E-state index < -0.39 is 26.8 Å². The van der Waals surface area contributed by atoms with Gasteiger partial charge in [0.15, 0.2) is 0 Å². The van der Waals surface area contributed by atoms with Crippen LogP contribution in [0.4, 0.5) is 4.39 Å². The molecule has 0 saturated carbocycles. The monoisotopic (exact) mass is 277 g/mol. The number of rotatable bonds is 6. The Kier molecular flexibility index (Phi) is 5.21. The van der Waals surface area contributed by atoms with Crippen LogP contribution in [-0.2, 0) is 14.8 Å². The summed E-state index contributed by atoms with van der Waals surface area (Å²) in [6, 6.07) is 3.81. The van der Waals surface area contributed by atoms with Crippen LogP contribution in [0.5, 0.6) is 0 Å². The van der Waals surface area contributed by atoms with Gasteiger partial charge in [-0.05, 0) is 24.6 Å². The highest BCUT2D eigenvalue weighted by Gasteiger charge is 2.20. The maximum atomic E-state index is 13.4. The molecule has 0 aliphatic rings. The standard InChI is InChI=1S/C11H16FNO4S/c1-8-3-4-10(12)11(5-8)18(15,16)13-6-9(14)7-17-2/h3-5,9,13-14H,6-7H2,1-2H3. The third kappa shape index (κ3) is 4.02. The van der Waals surface area contributed by atoms with E-state index in [4.69, 9.17) is 0 Å². The van der Waals surface area contributed by atoms with Crippen LogP contribution < -0.4 is 4.72 Å². The Morgan fingerprint density at radius 2 is 2.17 bits per heavy atom. The first kappa shape index (κ1) is 15.0. The van der Waals surface area contributed by atoms with Crippen molar-refractivity contribution in [3.8, 4) is 0 Å². The second-order valence-corrected chi connectivity index (χ2v) is 5.63. The van der Waals surface area contributed by atoms with Crippen molar-refractivity contribution in [3.05, 3.63) is 29.6 Å². The summed E-state index contributed by atoms with van der Waals surface area (Å²) >= 11 is 0. The van der Waals surface area contributed by atoms with Gasteiger partial charge in [-0.2, -0.15) is 0 Å². The lowest BCUT2D eigenvalue weighted by Gasteiger charge is -2.12. The van der Waals surface area contributed by atoms with Crippen LogP contribution in [0.2, 0.25) is 0 Å². The minimum absolute atomic E-state index is 0.00117. The number of sulfonamides is 1. The average molecular weight is 277 g/mol. The molecule has 1 aromatic carbocycles. The fourth-order valence-electron chi connectivity index (χ4n) is 1.35. The molecule has 1 rings (SSSR count). The van der Waals surface area contributed by atoms with Crippen molar-refractivity contribution < 1.29 is 22.7 Å². The third-order valence-electron chi connectivity index (χ3n) is 2.24. The molecule has 0 aliphatic carbocycles. The van der Waals surface area contributed by atoms with Crippen LogP contribution in [0, 0.1) is 12.7 Å². The first-order chi connectivity index (χ1) is 8.36. The van der Waals surface area contributed by atoms with Crippen molar-refractivity contribution in [1.29, 1.82) is 0 Å². The van der Waals surface area contributed by atoms with Gasteiger partial charge in [0.05, 0.1) is 12.7 Å². The van der Waals surface area contributed by atoms with Crippen molar-refractivity contribution in [2.24, 2.45) is 0 Å². The maximum Gasteiger partial charge on any atom is 0.243 e. The predicted molar refractivity (Wildman–Crippen MR) is 64.2 cm³/mol. The summed E-state index contributed by atoms with van der Waals surface area (Å²) < 4.78 is 43.8. The number of aliphatic hydroxyl groups excluding tert-OH is 1. The minimum Gasteiger partial charge on any atom is -0.389 e. The lowest BCUT2D eigenvalue weighted by Crippen LogP contribution is -2.34. The summed E-state index contributed by atoms with van der Waals surface area (Å²) in [6.07, 6.45) is -0.974. The lowest BCUT2D eigenvalue weighted by atomic mass is 10.2. The number of benzene rings is 1. The molecule has 0 aromatic heterocycles. The Bertz CT molecular complexity index is 504. The van der Waals surface area contributed by atoms with Crippen molar-refractivity contribution in [3.63, 3.8) is 0 Å². The molecule has 5 nitrogen and oxygen atoms in total. The molecule has 1 atom stereocenters. The number of hydrogen-bond acceptors (Lipinski definition) is 4. The van der Waals surface area contributed by atoms with Gasteiger partial charge in [0.1, 0.15) is 10.7 Å². The Hall–Kier alpha value is -1.02. The maximum absolute atomic E-state index is 13.4. The van der Waals surface area contributed by atoms with Crippen LogP contribution in [0.25, 0.3) is 0 Å². The molecule has 0 bridgehead atoms. The van der Waals surface area contributed by atoms with Crippen LogP contribution in [0.15, 0.2) is 23.1 Å². The Morgan fingerprint density at radius 1 is 1.50 bits per heavy atom. The molecular formula is C11H16FNO4S. The molecule has 0 radical (unpaired) electrons. The molecular weight excluding hydrogens is 261 g/mol. The van der Waals surface area contributed by atoms with E-state index in [1.165, 1.54) is 19.2 Å². The molecule has 0 spiro atoms. The number of aryl methyl sites for hydroxylation is 1. The van der Waals surface area contributed by atoms with Gasteiger partial charge in [0.2, 0.25) is 10.0 Å². The zero-order valence-corrected chi connectivity index (χ0v) is 11.0. The van der Waals surface area contributed by atoms with Gasteiger partial charge in [-0.25, -0.2) is 17.5 Å². The molecule has 102 valence electrons. The zero-order chi connectivity index (χ0) is 13.8. The van der Waals surface area contributed by atoms with Gasteiger partial charge >= 0.3 is 0 Å². The number of hydrogen-bond donors (Lipinski definition) is 2. The molecule has 1 aromatic rings. The van der Waals surface area contributed by atoms with Crippen molar-refractivity contribution >= 4 is 10.0 Å². The molecule has 0 amide bonds. The lowest BCUT2D eigenvalue weighted by molar-refractivity contribution is 0.0679. The van der Waals surface area contributed by atoms with E-state index in [1.54, 1.807) is 6.92 Å². The van der Waals surface area contributed by atoms with E-state index in [0.29, 0.717) is 5.56 Å². The molecule has 0 heterocycles. The van der Waals surface area contributed by atoms with E-state index in [-0.39, 0.29) is 13.2 Å². The number of aliphatic hydroxyl groups is 1. The van der Waals surface area contributed by atoms with Gasteiger partial charge in [-0.1, -0.05) is 6.07 Å². The first-order valence-corrected chi connectivity index (χ1v) is 6.78. The molecule has 7 heteroatoms. The molecule has 0 fully saturated rings. The summed E-state index contributed by atoms with van der Waals surface area (Å²) in [7, 11) is -2.58. The summed E-state index contributed by atoms with van der Waals surface area (Å²) in [4.78, 5) is -0.424. The molecule has 0 aliphatic heterocycles. The van der Waals surface area contributed by atoms with Gasteiger partial charge in [0, 0.05) is 13.7 Å². The smallest absolute Gasteiger partial charge is 0.243 e. The van der Waals surface area contributed by atoms with Crippen LogP contribution in [-0.4, -0.2) is 39.9 Å². The van der Waals surface area contributed by atoms with Crippen LogP contribution >= 0.6 is 0 Å². The summed E-state index contributed by atoms with van der Waals surface area (Å²) in [5.74, 6) is -0.825. The van der Waals surface area contributed by atoms with E-state index in [9.17, 15) is 17.9 Å². The summed E-state index contributed by atoms with van der Waals surface area (Å²) in [5, 5.41) is 9.34. The highest BCUT2D eigenvalue weighted by molar-refractivity contribution is 7.89. The normalized spacial score (nSPS) is 13.6. The van der Waals surface area contributed by atoms with Gasteiger partial charge < -0.3 is 9.84 Å². The van der Waals surface area contributed by atoms with Crippen LogP contribution in [0.1, 0.15) is 5.56 Å². The number of ether oxygens (including phenoxy) is 1. The van der Waals surface area contributed by atoms with E-state index in [0.717, 1.165) is 6.07 Å². The van der Waals surface area contributed by atoms with Gasteiger partial charge in [-0.15, -0.1) is 0 Å². The van der Waals surface area contributed by atoms with Crippen molar-refractivity contribution in [1.82, 2.24) is 4.72 Å². The van der Waals surface area contributed by atoms with E-state index >= 15 is 0 Å². The summed E-state index contributed by atoms with van der Waals surface area (Å²) in [6.45, 7) is 1.43. The number of nitrogens with one attached hydrogen (secondary N) is 1. The fourth-order valence-corrected chi connectivity index (χ4v) is 2.58. The predicted octanol–water partition coefficient (Wildman–Crippen LogP) is 0.420. The minimum atomic E-state index is -3.97. The molecule has 18 heavy (non-hydrogen) atoms. The fraction of sp³-hybridized carbons (Fsp3) is 0.455. The van der Waals surface area contributed by atoms with E-state index in [1.807, 2.05) is 0 Å². The Labute approximate surface area is 106 Å². The molecule has 0 saturated heterocycles. The van der Waals surface area contributed by atoms with Crippen molar-refractivity contribution in [2.45, 2.75) is 17.9 Å². The van der Waals surface area contributed by atoms with E-state index in [2.05, 4.69) is 9.46 Å². The SMILES string of the molecule is COCC(O)CNS(=O)(=O)c1cc(C)ccc1F. The van der Waals surface area contributed by atoms with Crippen LogP contribution in [0.3, 0.4) is 0 Å². The second kappa shape index (κ2) is 6.24. The summed E-state index contributed by atoms with van der Waals surface area (Å²) in [5.41, 5.74) is 0.634. The van der Waals surface area contributed by atoms with Crippen molar-refractivity contribution in [2.75, 3.05) is 20.3 Å². The molecule has 1 unspecified atom stereocenters. The highest BCUT2D eigenvalue weighted by Crippen LogP contribution is 2.15. The third-order valence-corrected chi connectivity index (χ3v) is 3.68. The zero-order valence-electron chi connectivity index (χ0n) is 10.2. The second-order valence-electron chi connectivity index (χ2n) is 3.89. The Morgan fingerprint density at radius 3 is 2.78 bits per heavy atom. The highest BCUT2D eigenvalue weighted by atomic mass is 32.2. The quantitative estimate of drug-likeness (QED) is 0.790.